The zero-order valence-corrected chi connectivity index (χ0v) is 24.2. The van der Waals surface area contributed by atoms with Crippen molar-refractivity contribution in [2.24, 2.45) is 4.99 Å². The highest BCUT2D eigenvalue weighted by Gasteiger charge is 2.36. The molecule has 2 heterocycles. The highest BCUT2D eigenvalue weighted by Crippen LogP contribution is 2.40. The average molecular weight is 567 g/mol. The smallest absolute Gasteiger partial charge is 0.271 e. The fraction of sp³-hybridized carbons (Fsp3) is 0.250. The Bertz CT molecular complexity index is 1890. The molecule has 0 radical (unpaired) electrons. The highest BCUT2D eigenvalue weighted by atomic mass is 32.1. The van der Waals surface area contributed by atoms with Crippen molar-refractivity contribution in [1.29, 1.82) is 5.26 Å². The van der Waals surface area contributed by atoms with Crippen molar-refractivity contribution in [1.82, 2.24) is 9.47 Å². The van der Waals surface area contributed by atoms with Gasteiger partial charge >= 0.3 is 0 Å². The van der Waals surface area contributed by atoms with E-state index in [1.54, 1.807) is 34.8 Å². The molecule has 4 aromatic rings. The minimum Gasteiger partial charge on any atom is -0.496 e. The quantitative estimate of drug-likeness (QED) is 0.319. The van der Waals surface area contributed by atoms with Crippen molar-refractivity contribution in [2.45, 2.75) is 26.8 Å². The van der Waals surface area contributed by atoms with Gasteiger partial charge in [0.05, 0.1) is 22.9 Å². The number of carbonyl (C=O) groups is 1. The van der Waals surface area contributed by atoms with Gasteiger partial charge in [0.25, 0.3) is 11.5 Å². The number of methoxy groups -OCH3 is 1. The molecule has 0 unspecified atom stereocenters. The SMILES string of the molecule is CCN(CC)C(=O)C1=C(C)N=c2s/c(=C/c3cccc(OCC#N)c3)c(=O)n2[C@@H]1c1c(OC)ccc2ccccc12. The van der Waals surface area contributed by atoms with Crippen molar-refractivity contribution in [2.75, 3.05) is 26.8 Å². The fourth-order valence-electron chi connectivity index (χ4n) is 5.25. The van der Waals surface area contributed by atoms with Gasteiger partial charge in [-0.05, 0) is 61.4 Å². The lowest BCUT2D eigenvalue weighted by molar-refractivity contribution is -0.127. The minimum absolute atomic E-state index is 0.0683. The lowest BCUT2D eigenvalue weighted by Crippen LogP contribution is -2.43. The predicted molar refractivity (Wildman–Crippen MR) is 160 cm³/mol. The van der Waals surface area contributed by atoms with E-state index in [9.17, 15) is 9.59 Å². The van der Waals surface area contributed by atoms with E-state index in [4.69, 9.17) is 19.7 Å². The van der Waals surface area contributed by atoms with Crippen LogP contribution in [0.15, 0.2) is 81.7 Å². The molecule has 1 aromatic heterocycles. The minimum atomic E-state index is -0.743. The molecule has 0 bridgehead atoms. The number of aromatic nitrogens is 1. The zero-order chi connectivity index (χ0) is 29.1. The summed E-state index contributed by atoms with van der Waals surface area (Å²) in [5.41, 5.74) is 2.26. The van der Waals surface area contributed by atoms with Crippen molar-refractivity contribution >= 4 is 34.1 Å². The summed E-state index contributed by atoms with van der Waals surface area (Å²) < 4.78 is 13.4. The van der Waals surface area contributed by atoms with E-state index in [2.05, 4.69) is 0 Å². The first-order valence-electron chi connectivity index (χ1n) is 13.4. The van der Waals surface area contributed by atoms with E-state index in [-0.39, 0.29) is 18.1 Å². The molecule has 208 valence electrons. The van der Waals surface area contributed by atoms with E-state index < -0.39 is 6.04 Å². The van der Waals surface area contributed by atoms with Crippen molar-refractivity contribution in [3.05, 3.63) is 103 Å². The van der Waals surface area contributed by atoms with E-state index in [1.807, 2.05) is 75.4 Å². The topological polar surface area (TPSA) is 96.9 Å². The number of benzene rings is 3. The molecule has 0 aliphatic carbocycles. The van der Waals surface area contributed by atoms with Gasteiger partial charge in [0.15, 0.2) is 11.4 Å². The average Bonchev–Trinajstić information content (AvgIpc) is 3.29. The Morgan fingerprint density at radius 3 is 2.66 bits per heavy atom. The normalized spacial score (nSPS) is 14.8. The van der Waals surface area contributed by atoms with Crippen molar-refractivity contribution < 1.29 is 14.3 Å². The lowest BCUT2D eigenvalue weighted by Gasteiger charge is -2.30. The summed E-state index contributed by atoms with van der Waals surface area (Å²) in [6.07, 6.45) is 1.78. The number of likely N-dealkylation sites (N-methyl/N-ethyl adjacent to an activating group) is 1. The molecule has 0 saturated heterocycles. The molecule has 41 heavy (non-hydrogen) atoms. The van der Waals surface area contributed by atoms with Gasteiger partial charge in [0.2, 0.25) is 0 Å². The van der Waals surface area contributed by atoms with Gasteiger partial charge in [-0.2, -0.15) is 5.26 Å². The molecular formula is C32H30N4O4S. The van der Waals surface area contributed by atoms with Crippen LogP contribution in [0.5, 0.6) is 11.5 Å². The maximum absolute atomic E-state index is 14.2. The zero-order valence-electron chi connectivity index (χ0n) is 23.4. The van der Waals surface area contributed by atoms with Crippen LogP contribution in [0.1, 0.15) is 37.9 Å². The largest absolute Gasteiger partial charge is 0.496 e. The van der Waals surface area contributed by atoms with E-state index >= 15 is 0 Å². The lowest BCUT2D eigenvalue weighted by atomic mass is 9.90. The van der Waals surface area contributed by atoms with Gasteiger partial charge in [0, 0.05) is 18.7 Å². The number of hydrogen-bond donors (Lipinski definition) is 0. The van der Waals surface area contributed by atoms with Gasteiger partial charge in [-0.1, -0.05) is 53.8 Å². The Morgan fingerprint density at radius 2 is 1.93 bits per heavy atom. The molecule has 1 aliphatic heterocycles. The van der Waals surface area contributed by atoms with Gasteiger partial charge in [0.1, 0.15) is 23.6 Å². The van der Waals surface area contributed by atoms with Gasteiger partial charge in [-0.3, -0.25) is 14.2 Å². The maximum Gasteiger partial charge on any atom is 0.271 e. The number of allylic oxidation sites excluding steroid dienone is 1. The molecule has 1 aliphatic rings. The number of carbonyl (C=O) groups excluding carboxylic acids is 1. The Morgan fingerprint density at radius 1 is 1.15 bits per heavy atom. The monoisotopic (exact) mass is 566 g/mol. The first-order valence-corrected chi connectivity index (χ1v) is 14.2. The molecule has 1 atom stereocenters. The number of nitriles is 1. The summed E-state index contributed by atoms with van der Waals surface area (Å²) in [5, 5.41) is 10.7. The number of fused-ring (bicyclic) bond motifs is 2. The molecule has 5 rings (SSSR count). The molecule has 9 heteroatoms. The fourth-order valence-corrected chi connectivity index (χ4v) is 6.29. The third kappa shape index (κ3) is 5.14. The Balaban J connectivity index is 1.80. The molecule has 0 spiro atoms. The first-order chi connectivity index (χ1) is 19.9. The molecule has 0 fully saturated rings. The van der Waals surface area contributed by atoms with Crippen LogP contribution in [0.25, 0.3) is 16.8 Å². The molecule has 0 saturated carbocycles. The second kappa shape index (κ2) is 11.8. The second-order valence-electron chi connectivity index (χ2n) is 9.48. The highest BCUT2D eigenvalue weighted by molar-refractivity contribution is 7.07. The predicted octanol–water partition coefficient (Wildman–Crippen LogP) is 4.17. The van der Waals surface area contributed by atoms with Crippen LogP contribution in [-0.2, 0) is 4.79 Å². The van der Waals surface area contributed by atoms with E-state index in [1.165, 1.54) is 11.3 Å². The van der Waals surface area contributed by atoms with Crippen LogP contribution in [0.3, 0.4) is 0 Å². The summed E-state index contributed by atoms with van der Waals surface area (Å²) in [4.78, 5) is 35.3. The van der Waals surface area contributed by atoms with Crippen molar-refractivity contribution in [3.8, 4) is 17.6 Å². The Kier molecular flexibility index (Phi) is 8.04. The van der Waals surface area contributed by atoms with Gasteiger partial charge in [-0.25, -0.2) is 4.99 Å². The molecule has 1 amide bonds. The first kappa shape index (κ1) is 27.9. The Hall–Kier alpha value is -4.68. The second-order valence-corrected chi connectivity index (χ2v) is 10.5. The molecule has 3 aromatic carbocycles. The van der Waals surface area contributed by atoms with E-state index in [0.29, 0.717) is 45.2 Å². The van der Waals surface area contributed by atoms with Gasteiger partial charge < -0.3 is 14.4 Å². The van der Waals surface area contributed by atoms with Crippen LogP contribution in [0, 0.1) is 11.3 Å². The summed E-state index contributed by atoms with van der Waals surface area (Å²) in [7, 11) is 1.60. The number of ether oxygens (including phenoxy) is 2. The number of hydrogen-bond acceptors (Lipinski definition) is 7. The summed E-state index contributed by atoms with van der Waals surface area (Å²) in [5.74, 6) is 0.965. The maximum atomic E-state index is 14.2. The van der Waals surface area contributed by atoms with Crippen LogP contribution in [0.4, 0.5) is 0 Å². The van der Waals surface area contributed by atoms with Gasteiger partial charge in [-0.15, -0.1) is 0 Å². The summed E-state index contributed by atoms with van der Waals surface area (Å²) >= 11 is 1.27. The van der Waals surface area contributed by atoms with Crippen molar-refractivity contribution in [3.63, 3.8) is 0 Å². The summed E-state index contributed by atoms with van der Waals surface area (Å²) in [6.45, 7) is 6.69. The number of nitrogens with zero attached hydrogens (tertiary/aromatic N) is 4. The van der Waals surface area contributed by atoms with Crippen LogP contribution in [-0.4, -0.2) is 42.2 Å². The van der Waals surface area contributed by atoms with E-state index in [0.717, 1.165) is 21.9 Å². The van der Waals surface area contributed by atoms with Crippen LogP contribution in [0.2, 0.25) is 0 Å². The Labute approximate surface area is 241 Å². The standard InChI is InChI=1S/C32H30N4O4S/c1-5-35(6-2)31(38)27-20(3)34-32-36(29(27)28-24-13-8-7-11-22(24)14-15-25(28)39-4)30(37)26(41-32)19-21-10-9-12-23(18-21)40-17-16-33/h7-15,18-19,29H,5-6,17H2,1-4H3/b26-19+/t29-/m0/s1. The van der Waals surface area contributed by atoms with Crippen LogP contribution >= 0.6 is 11.3 Å². The molecular weight excluding hydrogens is 536 g/mol. The van der Waals surface area contributed by atoms with Crippen LogP contribution < -0.4 is 24.4 Å². The third-order valence-corrected chi connectivity index (χ3v) is 8.17. The molecule has 8 nitrogen and oxygen atoms in total. The number of amides is 1. The number of rotatable bonds is 8. The number of thiazole rings is 1. The third-order valence-electron chi connectivity index (χ3n) is 7.19. The molecule has 0 N–H and O–H groups in total. The summed E-state index contributed by atoms with van der Waals surface area (Å²) in [6, 6.07) is 20.2.